The smallest absolute Gasteiger partial charge is 0.247 e. The molecule has 6 nitrogen and oxygen atoms in total. The molecule has 3 rings (SSSR count). The number of benzene rings is 1. The van der Waals surface area contributed by atoms with Crippen molar-refractivity contribution in [2.45, 2.75) is 13.0 Å². The van der Waals surface area contributed by atoms with Crippen molar-refractivity contribution in [1.82, 2.24) is 19.7 Å². The highest BCUT2D eigenvalue weighted by molar-refractivity contribution is 5.80. The Morgan fingerprint density at radius 1 is 1.22 bits per heavy atom. The van der Waals surface area contributed by atoms with E-state index in [0.29, 0.717) is 26.2 Å². The van der Waals surface area contributed by atoms with Crippen LogP contribution in [0.4, 0.5) is 14.5 Å². The fraction of sp³-hybridized carbons (Fsp3) is 0.400. The Hall–Kier alpha value is -2.51. The lowest BCUT2D eigenvalue weighted by atomic mass is 10.2. The summed E-state index contributed by atoms with van der Waals surface area (Å²) in [5, 5.41) is 3.97. The average molecular weight is 321 g/mol. The molecule has 0 radical (unpaired) electrons. The number of carbonyl (C=O) groups is 1. The van der Waals surface area contributed by atoms with Crippen molar-refractivity contribution >= 4 is 11.6 Å². The highest BCUT2D eigenvalue weighted by Crippen LogP contribution is 2.23. The molecule has 0 saturated carbocycles. The number of carbonyl (C=O) groups excluding carboxylic acids is 1. The molecular formula is C15H17F2N5O. The number of aromatic nitrogens is 3. The van der Waals surface area contributed by atoms with Crippen molar-refractivity contribution in [3.63, 3.8) is 0 Å². The van der Waals surface area contributed by atoms with Crippen LogP contribution in [0.1, 0.15) is 13.0 Å². The van der Waals surface area contributed by atoms with Crippen LogP contribution >= 0.6 is 0 Å². The van der Waals surface area contributed by atoms with E-state index in [1.807, 2.05) is 0 Å². The number of piperazine rings is 1. The maximum absolute atomic E-state index is 13.8. The number of hydrogen-bond acceptors (Lipinski definition) is 4. The number of rotatable bonds is 3. The zero-order valence-corrected chi connectivity index (χ0v) is 12.7. The zero-order chi connectivity index (χ0) is 16.4. The van der Waals surface area contributed by atoms with Crippen molar-refractivity contribution in [2.24, 2.45) is 0 Å². The lowest BCUT2D eigenvalue weighted by Crippen LogP contribution is -2.50. The lowest BCUT2D eigenvalue weighted by Gasteiger charge is -2.37. The number of amides is 1. The van der Waals surface area contributed by atoms with Crippen LogP contribution in [0.5, 0.6) is 0 Å². The summed E-state index contributed by atoms with van der Waals surface area (Å²) in [5.74, 6) is -1.76. The Balaban J connectivity index is 1.64. The normalized spacial score (nSPS) is 16.5. The predicted molar refractivity (Wildman–Crippen MR) is 79.9 cm³/mol. The number of anilines is 1. The first-order chi connectivity index (χ1) is 11.1. The molecule has 1 atom stereocenters. The van der Waals surface area contributed by atoms with Gasteiger partial charge >= 0.3 is 0 Å². The number of nitrogens with zero attached hydrogens (tertiary/aromatic N) is 5. The van der Waals surface area contributed by atoms with Gasteiger partial charge in [0.1, 0.15) is 18.7 Å². The molecule has 1 amide bonds. The molecule has 1 fully saturated rings. The number of halogens is 2. The molecule has 1 aromatic carbocycles. The van der Waals surface area contributed by atoms with Crippen molar-refractivity contribution < 1.29 is 13.6 Å². The van der Waals surface area contributed by atoms with E-state index in [0.717, 1.165) is 6.07 Å². The van der Waals surface area contributed by atoms with Gasteiger partial charge in [0.05, 0.1) is 5.69 Å². The summed E-state index contributed by atoms with van der Waals surface area (Å²) in [7, 11) is 0. The van der Waals surface area contributed by atoms with Gasteiger partial charge in [-0.1, -0.05) is 6.07 Å². The first-order valence-electron chi connectivity index (χ1n) is 7.40. The molecule has 0 aliphatic carbocycles. The maximum atomic E-state index is 13.8. The van der Waals surface area contributed by atoms with E-state index in [4.69, 9.17) is 0 Å². The molecule has 0 N–H and O–H groups in total. The highest BCUT2D eigenvalue weighted by atomic mass is 19.2. The molecule has 23 heavy (non-hydrogen) atoms. The van der Waals surface area contributed by atoms with E-state index >= 15 is 0 Å². The summed E-state index contributed by atoms with van der Waals surface area (Å²) >= 11 is 0. The largest absolute Gasteiger partial charge is 0.366 e. The SMILES string of the molecule is CC(C(=O)N1CCN(c2cccc(F)c2F)CC1)n1cncn1. The van der Waals surface area contributed by atoms with Gasteiger partial charge in [-0.05, 0) is 19.1 Å². The second-order valence-electron chi connectivity index (χ2n) is 5.44. The quantitative estimate of drug-likeness (QED) is 0.859. The molecular weight excluding hydrogens is 304 g/mol. The first-order valence-corrected chi connectivity index (χ1v) is 7.40. The Morgan fingerprint density at radius 2 is 1.96 bits per heavy atom. The molecule has 2 heterocycles. The Kier molecular flexibility index (Phi) is 4.22. The van der Waals surface area contributed by atoms with Crippen LogP contribution in [0.15, 0.2) is 30.9 Å². The minimum absolute atomic E-state index is 0.0603. The van der Waals surface area contributed by atoms with E-state index in [9.17, 15) is 13.6 Å². The molecule has 0 bridgehead atoms. The van der Waals surface area contributed by atoms with Gasteiger partial charge in [-0.15, -0.1) is 0 Å². The molecule has 1 saturated heterocycles. The van der Waals surface area contributed by atoms with Crippen LogP contribution in [0.3, 0.4) is 0 Å². The van der Waals surface area contributed by atoms with E-state index < -0.39 is 17.7 Å². The Morgan fingerprint density at radius 3 is 2.61 bits per heavy atom. The van der Waals surface area contributed by atoms with E-state index in [1.54, 1.807) is 22.8 Å². The van der Waals surface area contributed by atoms with Gasteiger partial charge < -0.3 is 9.80 Å². The second kappa shape index (κ2) is 6.31. The highest BCUT2D eigenvalue weighted by Gasteiger charge is 2.27. The van der Waals surface area contributed by atoms with E-state index in [1.165, 1.54) is 23.4 Å². The summed E-state index contributed by atoms with van der Waals surface area (Å²) in [4.78, 5) is 19.7. The van der Waals surface area contributed by atoms with Gasteiger partial charge in [0.25, 0.3) is 0 Å². The Bertz CT molecular complexity index is 683. The minimum atomic E-state index is -0.860. The molecule has 1 aliphatic rings. The van der Waals surface area contributed by atoms with Crippen molar-refractivity contribution in [3.8, 4) is 0 Å². The standard InChI is InChI=1S/C15H17F2N5O/c1-11(22-10-18-9-19-22)15(23)21-7-5-20(6-8-21)13-4-2-3-12(16)14(13)17/h2-4,9-11H,5-8H2,1H3. The molecule has 1 unspecified atom stereocenters. The van der Waals surface area contributed by atoms with Gasteiger partial charge in [-0.25, -0.2) is 18.4 Å². The van der Waals surface area contributed by atoms with Gasteiger partial charge in [-0.2, -0.15) is 5.10 Å². The predicted octanol–water partition coefficient (Wildman–Crippen LogP) is 1.47. The van der Waals surface area contributed by atoms with Crippen LogP contribution < -0.4 is 4.90 Å². The monoisotopic (exact) mass is 321 g/mol. The molecule has 1 aromatic heterocycles. The van der Waals surface area contributed by atoms with Crippen LogP contribution in [0.25, 0.3) is 0 Å². The van der Waals surface area contributed by atoms with Crippen molar-refractivity contribution in [2.75, 3.05) is 31.1 Å². The minimum Gasteiger partial charge on any atom is -0.366 e. The third kappa shape index (κ3) is 3.01. The van der Waals surface area contributed by atoms with Crippen molar-refractivity contribution in [1.29, 1.82) is 0 Å². The van der Waals surface area contributed by atoms with Crippen LogP contribution in [0, 0.1) is 11.6 Å². The third-order valence-corrected chi connectivity index (χ3v) is 4.05. The van der Waals surface area contributed by atoms with Gasteiger partial charge in [0, 0.05) is 26.2 Å². The van der Waals surface area contributed by atoms with Crippen LogP contribution in [0.2, 0.25) is 0 Å². The summed E-state index contributed by atoms with van der Waals surface area (Å²) in [6.07, 6.45) is 2.88. The summed E-state index contributed by atoms with van der Waals surface area (Å²) in [6.45, 7) is 3.57. The molecule has 1 aliphatic heterocycles. The lowest BCUT2D eigenvalue weighted by molar-refractivity contribution is -0.134. The van der Waals surface area contributed by atoms with E-state index in [2.05, 4.69) is 10.1 Å². The Labute approximate surface area is 132 Å². The summed E-state index contributed by atoms with van der Waals surface area (Å²) in [6, 6.07) is 3.69. The molecule has 8 heteroatoms. The van der Waals surface area contributed by atoms with Crippen LogP contribution in [-0.2, 0) is 4.79 Å². The molecule has 0 spiro atoms. The summed E-state index contributed by atoms with van der Waals surface area (Å²) < 4.78 is 28.7. The fourth-order valence-corrected chi connectivity index (χ4v) is 2.70. The average Bonchev–Trinajstić information content (AvgIpc) is 3.11. The zero-order valence-electron chi connectivity index (χ0n) is 12.7. The van der Waals surface area contributed by atoms with Gasteiger partial charge in [-0.3, -0.25) is 4.79 Å². The maximum Gasteiger partial charge on any atom is 0.247 e. The van der Waals surface area contributed by atoms with E-state index in [-0.39, 0.29) is 11.6 Å². The second-order valence-corrected chi connectivity index (χ2v) is 5.44. The first kappa shape index (κ1) is 15.4. The molecule has 122 valence electrons. The topological polar surface area (TPSA) is 54.3 Å². The number of hydrogen-bond donors (Lipinski definition) is 0. The van der Waals surface area contributed by atoms with Gasteiger partial charge in [0.2, 0.25) is 5.91 Å². The van der Waals surface area contributed by atoms with Crippen molar-refractivity contribution in [3.05, 3.63) is 42.5 Å². The summed E-state index contributed by atoms with van der Waals surface area (Å²) in [5.41, 5.74) is 0.237. The fourth-order valence-electron chi connectivity index (χ4n) is 2.70. The third-order valence-electron chi connectivity index (χ3n) is 4.05. The molecule has 2 aromatic rings. The van der Waals surface area contributed by atoms with Gasteiger partial charge in [0.15, 0.2) is 11.6 Å². The van der Waals surface area contributed by atoms with Crippen LogP contribution in [-0.4, -0.2) is 51.8 Å².